The number of likely N-dealkylation sites (N-methyl/N-ethyl adjacent to an activating group) is 1. The minimum absolute atomic E-state index is 0.408. The van der Waals surface area contributed by atoms with Crippen LogP contribution in [-0.4, -0.2) is 36.1 Å². The molecule has 1 aliphatic rings. The second-order valence-electron chi connectivity index (χ2n) is 4.45. The molecule has 0 atom stereocenters. The molecule has 0 bridgehead atoms. The lowest BCUT2D eigenvalue weighted by molar-refractivity contribution is 0.232. The van der Waals surface area contributed by atoms with Gasteiger partial charge in [-0.15, -0.1) is 0 Å². The number of hydrogen-bond acceptors (Lipinski definition) is 3. The average Bonchev–Trinajstić information content (AvgIpc) is 3.13. The van der Waals surface area contributed by atoms with Gasteiger partial charge in [-0.05, 0) is 32.0 Å². The van der Waals surface area contributed by atoms with E-state index in [0.717, 1.165) is 23.9 Å². The minimum Gasteiger partial charge on any atom is -0.492 e. The molecule has 0 radical (unpaired) electrons. The molecule has 2 rings (SSSR count). The summed E-state index contributed by atoms with van der Waals surface area (Å²) in [6, 6.07) is 8.40. The summed E-state index contributed by atoms with van der Waals surface area (Å²) >= 11 is 4.93. The molecule has 0 amide bonds. The molecule has 92 valence electrons. The Morgan fingerprint density at radius 3 is 2.94 bits per heavy atom. The van der Waals surface area contributed by atoms with Crippen LogP contribution in [0.4, 0.5) is 0 Å². The Labute approximate surface area is 108 Å². The SMILES string of the molecule is CN(CCOc1cccc(C(N)=S)c1)C1CC1. The van der Waals surface area contributed by atoms with E-state index in [1.807, 2.05) is 24.3 Å². The molecule has 4 heteroatoms. The van der Waals surface area contributed by atoms with E-state index >= 15 is 0 Å². The Morgan fingerprint density at radius 2 is 2.29 bits per heavy atom. The Bertz CT molecular complexity index is 404. The van der Waals surface area contributed by atoms with Gasteiger partial charge in [-0.25, -0.2) is 0 Å². The van der Waals surface area contributed by atoms with E-state index in [2.05, 4.69) is 11.9 Å². The van der Waals surface area contributed by atoms with Crippen LogP contribution in [-0.2, 0) is 0 Å². The Kier molecular flexibility index (Phi) is 3.97. The van der Waals surface area contributed by atoms with Crippen molar-refractivity contribution >= 4 is 17.2 Å². The Hall–Kier alpha value is -1.13. The van der Waals surface area contributed by atoms with Gasteiger partial charge in [-0.1, -0.05) is 24.4 Å². The summed E-state index contributed by atoms with van der Waals surface area (Å²) in [6.45, 7) is 1.66. The number of rotatable bonds is 6. The quantitative estimate of drug-likeness (QED) is 0.781. The third-order valence-corrected chi connectivity index (χ3v) is 3.24. The lowest BCUT2D eigenvalue weighted by atomic mass is 10.2. The standard InChI is InChI=1S/C13H18N2OS/c1-15(11-5-6-11)7-8-16-12-4-2-3-10(9-12)13(14)17/h2-4,9,11H,5-8H2,1H3,(H2,14,17). The molecule has 0 unspecified atom stereocenters. The topological polar surface area (TPSA) is 38.5 Å². The Balaban J connectivity index is 1.81. The molecule has 0 saturated heterocycles. The number of hydrogen-bond donors (Lipinski definition) is 1. The predicted molar refractivity (Wildman–Crippen MR) is 73.5 cm³/mol. The summed E-state index contributed by atoms with van der Waals surface area (Å²) in [7, 11) is 2.15. The van der Waals surface area contributed by atoms with Crippen molar-refractivity contribution in [1.82, 2.24) is 4.90 Å². The molecule has 17 heavy (non-hydrogen) atoms. The second-order valence-corrected chi connectivity index (χ2v) is 4.89. The van der Waals surface area contributed by atoms with Gasteiger partial charge in [-0.3, -0.25) is 0 Å². The van der Waals surface area contributed by atoms with E-state index in [1.165, 1.54) is 12.8 Å². The fraction of sp³-hybridized carbons (Fsp3) is 0.462. The molecule has 2 N–H and O–H groups in total. The van der Waals surface area contributed by atoms with E-state index in [0.29, 0.717) is 11.6 Å². The number of nitrogens with zero attached hydrogens (tertiary/aromatic N) is 1. The second kappa shape index (κ2) is 5.47. The molecular weight excluding hydrogens is 232 g/mol. The molecule has 0 heterocycles. The average molecular weight is 250 g/mol. The Morgan fingerprint density at radius 1 is 1.53 bits per heavy atom. The zero-order chi connectivity index (χ0) is 12.3. The normalized spacial score (nSPS) is 14.9. The van der Waals surface area contributed by atoms with Crippen molar-refractivity contribution in [2.75, 3.05) is 20.2 Å². The van der Waals surface area contributed by atoms with Gasteiger partial charge in [0.25, 0.3) is 0 Å². The first-order chi connectivity index (χ1) is 8.16. The van der Waals surface area contributed by atoms with Crippen LogP contribution in [0.2, 0.25) is 0 Å². The van der Waals surface area contributed by atoms with Crippen molar-refractivity contribution < 1.29 is 4.74 Å². The van der Waals surface area contributed by atoms with Gasteiger partial charge >= 0.3 is 0 Å². The van der Waals surface area contributed by atoms with Crippen molar-refractivity contribution in [2.45, 2.75) is 18.9 Å². The summed E-state index contributed by atoms with van der Waals surface area (Å²) in [4.78, 5) is 2.75. The number of thiocarbonyl (C=S) groups is 1. The summed E-state index contributed by atoms with van der Waals surface area (Å²) < 4.78 is 5.69. The third-order valence-electron chi connectivity index (χ3n) is 3.00. The van der Waals surface area contributed by atoms with E-state index in [9.17, 15) is 0 Å². The molecule has 1 saturated carbocycles. The van der Waals surface area contributed by atoms with Crippen LogP contribution < -0.4 is 10.5 Å². The lowest BCUT2D eigenvalue weighted by Gasteiger charge is -2.16. The minimum atomic E-state index is 0.408. The first-order valence-electron chi connectivity index (χ1n) is 5.90. The molecule has 0 aliphatic heterocycles. The van der Waals surface area contributed by atoms with Crippen molar-refractivity contribution in [2.24, 2.45) is 5.73 Å². The van der Waals surface area contributed by atoms with Crippen molar-refractivity contribution in [3.63, 3.8) is 0 Å². The predicted octanol–water partition coefficient (Wildman–Crippen LogP) is 1.79. The molecule has 1 aromatic carbocycles. The van der Waals surface area contributed by atoms with Crippen LogP contribution in [0.3, 0.4) is 0 Å². The van der Waals surface area contributed by atoms with Crippen LogP contribution in [0.25, 0.3) is 0 Å². The van der Waals surface area contributed by atoms with Gasteiger partial charge in [-0.2, -0.15) is 0 Å². The van der Waals surface area contributed by atoms with Crippen LogP contribution >= 0.6 is 12.2 Å². The molecular formula is C13H18N2OS. The highest BCUT2D eigenvalue weighted by Gasteiger charge is 2.25. The van der Waals surface area contributed by atoms with Gasteiger partial charge in [0, 0.05) is 18.2 Å². The highest BCUT2D eigenvalue weighted by molar-refractivity contribution is 7.80. The summed E-state index contributed by atoms with van der Waals surface area (Å²) in [5.41, 5.74) is 6.43. The highest BCUT2D eigenvalue weighted by atomic mass is 32.1. The maximum Gasteiger partial charge on any atom is 0.120 e. The fourth-order valence-electron chi connectivity index (χ4n) is 1.74. The lowest BCUT2D eigenvalue weighted by Crippen LogP contribution is -2.26. The maximum absolute atomic E-state index is 5.69. The van der Waals surface area contributed by atoms with E-state index in [1.54, 1.807) is 0 Å². The molecule has 1 aliphatic carbocycles. The molecule has 0 aromatic heterocycles. The monoisotopic (exact) mass is 250 g/mol. The summed E-state index contributed by atoms with van der Waals surface area (Å²) in [5, 5.41) is 0. The largest absolute Gasteiger partial charge is 0.492 e. The number of ether oxygens (including phenoxy) is 1. The first kappa shape index (κ1) is 12.3. The van der Waals surface area contributed by atoms with Crippen LogP contribution in [0.5, 0.6) is 5.75 Å². The molecule has 3 nitrogen and oxygen atoms in total. The van der Waals surface area contributed by atoms with Crippen molar-refractivity contribution in [1.29, 1.82) is 0 Å². The molecule has 1 aromatic rings. The zero-order valence-corrected chi connectivity index (χ0v) is 10.9. The zero-order valence-electron chi connectivity index (χ0n) is 10.1. The van der Waals surface area contributed by atoms with E-state index in [-0.39, 0.29) is 0 Å². The summed E-state index contributed by atoms with van der Waals surface area (Å²) in [6.07, 6.45) is 2.65. The van der Waals surface area contributed by atoms with Crippen LogP contribution in [0.15, 0.2) is 24.3 Å². The van der Waals surface area contributed by atoms with Gasteiger partial charge < -0.3 is 15.4 Å². The van der Waals surface area contributed by atoms with Crippen molar-refractivity contribution in [3.8, 4) is 5.75 Å². The van der Waals surface area contributed by atoms with Crippen LogP contribution in [0.1, 0.15) is 18.4 Å². The molecule has 0 spiro atoms. The highest BCUT2D eigenvalue weighted by Crippen LogP contribution is 2.24. The van der Waals surface area contributed by atoms with Crippen LogP contribution in [0, 0.1) is 0 Å². The van der Waals surface area contributed by atoms with Crippen molar-refractivity contribution in [3.05, 3.63) is 29.8 Å². The van der Waals surface area contributed by atoms with E-state index in [4.69, 9.17) is 22.7 Å². The van der Waals surface area contributed by atoms with Gasteiger partial charge in [0.05, 0.1) is 0 Å². The van der Waals surface area contributed by atoms with Gasteiger partial charge in [0.2, 0.25) is 0 Å². The van der Waals surface area contributed by atoms with Gasteiger partial charge in [0.15, 0.2) is 0 Å². The third kappa shape index (κ3) is 3.68. The fourth-order valence-corrected chi connectivity index (χ4v) is 1.87. The van der Waals surface area contributed by atoms with Gasteiger partial charge in [0.1, 0.15) is 17.3 Å². The first-order valence-corrected chi connectivity index (χ1v) is 6.30. The number of benzene rings is 1. The maximum atomic E-state index is 5.69. The smallest absolute Gasteiger partial charge is 0.120 e. The molecule has 1 fully saturated rings. The summed E-state index contributed by atoms with van der Waals surface area (Å²) in [5.74, 6) is 0.833. The number of nitrogens with two attached hydrogens (primary N) is 1. The van der Waals surface area contributed by atoms with E-state index < -0.39 is 0 Å².